The number of alkyl halides is 5. The summed E-state index contributed by atoms with van der Waals surface area (Å²) < 4.78 is 48.4. The molecule has 0 saturated heterocycles. The van der Waals surface area contributed by atoms with Gasteiger partial charge in [-0.3, -0.25) is 4.74 Å². The van der Waals surface area contributed by atoms with Gasteiger partial charge in [0.15, 0.2) is 0 Å². The Morgan fingerprint density at radius 2 is 1.90 bits per heavy atom. The lowest BCUT2D eigenvalue weighted by Gasteiger charge is -2.12. The van der Waals surface area contributed by atoms with Crippen LogP contribution in [-0.2, 0) is 4.74 Å². The first-order chi connectivity index (χ1) is 4.49. The quantitative estimate of drug-likeness (QED) is 0.477. The summed E-state index contributed by atoms with van der Waals surface area (Å²) in [6, 6.07) is 0. The Kier molecular flexibility index (Phi) is 3.96. The van der Waals surface area contributed by atoms with Gasteiger partial charge in [0.25, 0.3) is 0 Å². The highest BCUT2D eigenvalue weighted by molar-refractivity contribution is 6.18. The molecule has 0 N–H and O–H groups in total. The molecular weight excluding hydrogens is 175 g/mol. The highest BCUT2D eigenvalue weighted by Gasteiger charge is 2.33. The van der Waals surface area contributed by atoms with Crippen molar-refractivity contribution < 1.29 is 22.3 Å². The summed E-state index contributed by atoms with van der Waals surface area (Å²) in [7, 11) is 0. The van der Waals surface area contributed by atoms with Crippen LogP contribution >= 0.6 is 11.6 Å². The second-order valence-corrected chi connectivity index (χ2v) is 1.80. The normalized spacial score (nSPS) is 15.3. The molecule has 10 heavy (non-hydrogen) atoms. The predicted molar refractivity (Wildman–Crippen MR) is 27.6 cm³/mol. The fraction of sp³-hybridized carbons (Fsp3) is 1.00. The van der Waals surface area contributed by atoms with Crippen LogP contribution in [0, 0.1) is 0 Å². The van der Waals surface area contributed by atoms with E-state index in [0.29, 0.717) is 0 Å². The third kappa shape index (κ3) is 4.81. The van der Waals surface area contributed by atoms with E-state index in [1.807, 2.05) is 0 Å². The van der Waals surface area contributed by atoms with Crippen molar-refractivity contribution in [3.05, 3.63) is 0 Å². The van der Waals surface area contributed by atoms with E-state index in [9.17, 15) is 17.6 Å². The average Bonchev–Trinajstić information content (AvgIpc) is 1.81. The van der Waals surface area contributed by atoms with Crippen LogP contribution < -0.4 is 0 Å². The second kappa shape index (κ2) is 3.98. The fourth-order valence-electron chi connectivity index (χ4n) is 0.293. The standard InChI is InChI=1S/C4H5ClF4O/c5-1-3(2-6)10-4(7,8)9/h3H,1-2H2. The second-order valence-electron chi connectivity index (χ2n) is 1.49. The molecule has 0 amide bonds. The van der Waals surface area contributed by atoms with Crippen LogP contribution in [0.1, 0.15) is 0 Å². The van der Waals surface area contributed by atoms with Crippen LogP contribution in [-0.4, -0.2) is 25.0 Å². The molecule has 0 rings (SSSR count). The van der Waals surface area contributed by atoms with E-state index in [4.69, 9.17) is 11.6 Å². The summed E-state index contributed by atoms with van der Waals surface area (Å²) in [5.74, 6) is -0.504. The summed E-state index contributed by atoms with van der Waals surface area (Å²) in [5.41, 5.74) is 0. The van der Waals surface area contributed by atoms with Crippen molar-refractivity contribution in [1.82, 2.24) is 0 Å². The first-order valence-electron chi connectivity index (χ1n) is 2.36. The van der Waals surface area contributed by atoms with Gasteiger partial charge in [0.05, 0.1) is 5.88 Å². The number of halogens is 5. The SMILES string of the molecule is FCC(CCl)OC(F)(F)F. The van der Waals surface area contributed by atoms with Gasteiger partial charge in [-0.05, 0) is 0 Å². The Bertz CT molecular complexity index is 89.7. The lowest BCUT2D eigenvalue weighted by Crippen LogP contribution is -2.26. The van der Waals surface area contributed by atoms with Gasteiger partial charge in [-0.25, -0.2) is 4.39 Å². The van der Waals surface area contributed by atoms with E-state index < -0.39 is 25.0 Å². The molecule has 0 aliphatic heterocycles. The van der Waals surface area contributed by atoms with E-state index >= 15 is 0 Å². The molecule has 1 unspecified atom stereocenters. The van der Waals surface area contributed by atoms with Crippen LogP contribution in [0.2, 0.25) is 0 Å². The van der Waals surface area contributed by atoms with Crippen LogP contribution in [0.25, 0.3) is 0 Å². The summed E-state index contributed by atoms with van der Waals surface area (Å²) in [6.45, 7) is -1.23. The molecule has 0 aliphatic carbocycles. The lowest BCUT2D eigenvalue weighted by molar-refractivity contribution is -0.340. The minimum absolute atomic E-state index is 0.504. The smallest absolute Gasteiger partial charge is 0.285 e. The van der Waals surface area contributed by atoms with Crippen molar-refractivity contribution in [3.63, 3.8) is 0 Å². The Morgan fingerprint density at radius 1 is 1.40 bits per heavy atom. The number of hydrogen-bond acceptors (Lipinski definition) is 1. The van der Waals surface area contributed by atoms with Crippen molar-refractivity contribution in [3.8, 4) is 0 Å². The van der Waals surface area contributed by atoms with E-state index in [-0.39, 0.29) is 0 Å². The van der Waals surface area contributed by atoms with Crippen LogP contribution in [0.4, 0.5) is 17.6 Å². The van der Waals surface area contributed by atoms with Crippen molar-refractivity contribution >= 4 is 11.6 Å². The molecule has 62 valence electrons. The first kappa shape index (κ1) is 9.97. The van der Waals surface area contributed by atoms with Gasteiger partial charge in [-0.2, -0.15) is 0 Å². The largest absolute Gasteiger partial charge is 0.522 e. The molecule has 0 saturated carbocycles. The third-order valence-electron chi connectivity index (χ3n) is 0.645. The lowest BCUT2D eigenvalue weighted by atomic mass is 10.5. The summed E-state index contributed by atoms with van der Waals surface area (Å²) in [4.78, 5) is 0. The van der Waals surface area contributed by atoms with Gasteiger partial charge in [0, 0.05) is 0 Å². The van der Waals surface area contributed by atoms with Crippen molar-refractivity contribution in [2.45, 2.75) is 12.5 Å². The maximum absolute atomic E-state index is 11.5. The van der Waals surface area contributed by atoms with Gasteiger partial charge in [-0.15, -0.1) is 24.8 Å². The zero-order valence-electron chi connectivity index (χ0n) is 4.79. The number of ether oxygens (including phenoxy) is 1. The van der Waals surface area contributed by atoms with Gasteiger partial charge >= 0.3 is 6.36 Å². The van der Waals surface area contributed by atoms with Gasteiger partial charge in [0.2, 0.25) is 0 Å². The molecule has 0 aromatic rings. The Hall–Kier alpha value is -0.0300. The first-order valence-corrected chi connectivity index (χ1v) is 2.89. The topological polar surface area (TPSA) is 9.23 Å². The molecule has 1 nitrogen and oxygen atoms in total. The molecule has 0 spiro atoms. The Morgan fingerprint density at radius 3 is 2.00 bits per heavy atom. The zero-order chi connectivity index (χ0) is 8.20. The molecule has 0 aromatic carbocycles. The minimum atomic E-state index is -4.80. The molecule has 0 radical (unpaired) electrons. The van der Waals surface area contributed by atoms with E-state index in [0.717, 1.165) is 0 Å². The zero-order valence-corrected chi connectivity index (χ0v) is 5.55. The van der Waals surface area contributed by atoms with Crippen LogP contribution in [0.5, 0.6) is 0 Å². The number of hydrogen-bond donors (Lipinski definition) is 0. The van der Waals surface area contributed by atoms with Crippen LogP contribution in [0.3, 0.4) is 0 Å². The highest BCUT2D eigenvalue weighted by atomic mass is 35.5. The summed E-state index contributed by atoms with van der Waals surface area (Å²) >= 11 is 4.91. The van der Waals surface area contributed by atoms with Gasteiger partial charge in [-0.1, -0.05) is 0 Å². The van der Waals surface area contributed by atoms with Gasteiger partial charge < -0.3 is 0 Å². The Balaban J connectivity index is 3.63. The highest BCUT2D eigenvalue weighted by Crippen LogP contribution is 2.19. The summed E-state index contributed by atoms with van der Waals surface area (Å²) in [6.07, 6.45) is -6.38. The molecular formula is C4H5ClF4O. The van der Waals surface area contributed by atoms with Gasteiger partial charge in [0.1, 0.15) is 12.8 Å². The molecule has 0 heterocycles. The van der Waals surface area contributed by atoms with Crippen LogP contribution in [0.15, 0.2) is 0 Å². The average molecular weight is 181 g/mol. The van der Waals surface area contributed by atoms with E-state index in [1.54, 1.807) is 0 Å². The molecule has 6 heteroatoms. The maximum atomic E-state index is 11.5. The molecule has 1 atom stereocenters. The van der Waals surface area contributed by atoms with Crippen molar-refractivity contribution in [2.75, 3.05) is 12.6 Å². The molecule has 0 aliphatic rings. The molecule has 0 aromatic heterocycles. The summed E-state index contributed by atoms with van der Waals surface area (Å²) in [5, 5.41) is 0. The third-order valence-corrected chi connectivity index (χ3v) is 0.989. The van der Waals surface area contributed by atoms with E-state index in [1.165, 1.54) is 0 Å². The molecule has 0 bridgehead atoms. The number of rotatable bonds is 3. The Labute approximate surface area is 59.9 Å². The predicted octanol–water partition coefficient (Wildman–Crippen LogP) is 2.10. The van der Waals surface area contributed by atoms with E-state index in [2.05, 4.69) is 4.74 Å². The monoisotopic (exact) mass is 180 g/mol. The van der Waals surface area contributed by atoms with Crippen molar-refractivity contribution in [1.29, 1.82) is 0 Å². The van der Waals surface area contributed by atoms with Crippen molar-refractivity contribution in [2.24, 2.45) is 0 Å². The molecule has 0 fully saturated rings. The maximum Gasteiger partial charge on any atom is 0.522 e. The fourth-order valence-corrected chi connectivity index (χ4v) is 0.439. The minimum Gasteiger partial charge on any atom is -0.285 e.